The largest absolute Gasteiger partial charge is 0.493 e. The van der Waals surface area contributed by atoms with Crippen LogP contribution in [0.5, 0.6) is 11.5 Å². The third-order valence-electron chi connectivity index (χ3n) is 4.31. The van der Waals surface area contributed by atoms with Gasteiger partial charge in [0.2, 0.25) is 5.91 Å². The van der Waals surface area contributed by atoms with Crippen LogP contribution in [0.1, 0.15) is 37.3 Å². The fraction of sp³-hybridized carbons (Fsp3) is 0.588. The van der Waals surface area contributed by atoms with Crippen LogP contribution in [0.4, 0.5) is 0 Å². The number of hydrogen-bond donors (Lipinski definition) is 0. The SMILES string of the molecule is COc1cc(C)c(CC(=O)N2CCCCC2C)cc1OC. The van der Waals surface area contributed by atoms with Gasteiger partial charge in [0.1, 0.15) is 0 Å². The zero-order chi connectivity index (χ0) is 15.4. The number of benzene rings is 1. The van der Waals surface area contributed by atoms with Crippen molar-refractivity contribution < 1.29 is 14.3 Å². The molecule has 2 rings (SSSR count). The number of amides is 1. The van der Waals surface area contributed by atoms with Gasteiger partial charge in [-0.2, -0.15) is 0 Å². The number of nitrogens with zero attached hydrogens (tertiary/aromatic N) is 1. The number of rotatable bonds is 4. The fourth-order valence-electron chi connectivity index (χ4n) is 2.95. The molecule has 21 heavy (non-hydrogen) atoms. The molecule has 1 aliphatic heterocycles. The summed E-state index contributed by atoms with van der Waals surface area (Å²) >= 11 is 0. The van der Waals surface area contributed by atoms with Crippen molar-refractivity contribution in [3.05, 3.63) is 23.3 Å². The quantitative estimate of drug-likeness (QED) is 0.856. The van der Waals surface area contributed by atoms with E-state index in [0.29, 0.717) is 24.0 Å². The minimum atomic E-state index is 0.206. The molecule has 0 N–H and O–H groups in total. The van der Waals surface area contributed by atoms with Crippen LogP contribution < -0.4 is 9.47 Å². The van der Waals surface area contributed by atoms with Crippen molar-refractivity contribution in [2.75, 3.05) is 20.8 Å². The molecule has 1 unspecified atom stereocenters. The van der Waals surface area contributed by atoms with E-state index in [1.165, 1.54) is 6.42 Å². The number of methoxy groups -OCH3 is 2. The predicted molar refractivity (Wildman–Crippen MR) is 83.0 cm³/mol. The molecule has 116 valence electrons. The maximum Gasteiger partial charge on any atom is 0.227 e. The van der Waals surface area contributed by atoms with Gasteiger partial charge in [0.15, 0.2) is 11.5 Å². The topological polar surface area (TPSA) is 38.8 Å². The normalized spacial score (nSPS) is 18.5. The van der Waals surface area contributed by atoms with Gasteiger partial charge in [-0.3, -0.25) is 4.79 Å². The summed E-state index contributed by atoms with van der Waals surface area (Å²) in [6.45, 7) is 5.02. The highest BCUT2D eigenvalue weighted by molar-refractivity contribution is 5.80. The van der Waals surface area contributed by atoms with E-state index in [0.717, 1.165) is 30.5 Å². The Morgan fingerprint density at radius 1 is 1.24 bits per heavy atom. The number of carbonyl (C=O) groups excluding carboxylic acids is 1. The molecule has 4 nitrogen and oxygen atoms in total. The molecular formula is C17H25NO3. The van der Waals surface area contributed by atoms with Crippen LogP contribution in [-0.2, 0) is 11.2 Å². The molecule has 4 heteroatoms. The number of likely N-dealkylation sites (tertiary alicyclic amines) is 1. The predicted octanol–water partition coefficient (Wildman–Crippen LogP) is 2.96. The first kappa shape index (κ1) is 15.7. The molecule has 0 radical (unpaired) electrons. The summed E-state index contributed by atoms with van der Waals surface area (Å²) < 4.78 is 10.6. The Hall–Kier alpha value is -1.71. The third kappa shape index (κ3) is 3.49. The van der Waals surface area contributed by atoms with E-state index in [4.69, 9.17) is 9.47 Å². The van der Waals surface area contributed by atoms with E-state index in [2.05, 4.69) is 6.92 Å². The van der Waals surface area contributed by atoms with Crippen molar-refractivity contribution in [2.45, 2.75) is 45.6 Å². The van der Waals surface area contributed by atoms with Gasteiger partial charge in [-0.15, -0.1) is 0 Å². The number of aryl methyl sites for hydroxylation is 1. The molecule has 1 amide bonds. The molecule has 0 bridgehead atoms. The summed E-state index contributed by atoms with van der Waals surface area (Å²) in [4.78, 5) is 14.6. The molecule has 1 saturated heterocycles. The van der Waals surface area contributed by atoms with E-state index in [-0.39, 0.29) is 5.91 Å². The smallest absolute Gasteiger partial charge is 0.227 e. The van der Waals surface area contributed by atoms with Gasteiger partial charge in [0.25, 0.3) is 0 Å². The van der Waals surface area contributed by atoms with Crippen LogP contribution in [0.15, 0.2) is 12.1 Å². The molecule has 0 aliphatic carbocycles. The Labute approximate surface area is 127 Å². The van der Waals surface area contributed by atoms with Crippen molar-refractivity contribution >= 4 is 5.91 Å². The molecule has 1 heterocycles. The zero-order valence-electron chi connectivity index (χ0n) is 13.4. The summed E-state index contributed by atoms with van der Waals surface area (Å²) in [7, 11) is 3.24. The van der Waals surface area contributed by atoms with Crippen molar-refractivity contribution in [1.29, 1.82) is 0 Å². The van der Waals surface area contributed by atoms with Gasteiger partial charge in [-0.25, -0.2) is 0 Å². The summed E-state index contributed by atoms with van der Waals surface area (Å²) in [5, 5.41) is 0. The third-order valence-corrected chi connectivity index (χ3v) is 4.31. The van der Waals surface area contributed by atoms with Gasteiger partial charge < -0.3 is 14.4 Å². The van der Waals surface area contributed by atoms with E-state index in [9.17, 15) is 4.79 Å². The lowest BCUT2D eigenvalue weighted by molar-refractivity contribution is -0.133. The number of carbonyl (C=O) groups is 1. The summed E-state index contributed by atoms with van der Waals surface area (Å²) in [5.74, 6) is 1.59. The first-order valence-electron chi connectivity index (χ1n) is 7.57. The second-order valence-electron chi connectivity index (χ2n) is 5.74. The van der Waals surface area contributed by atoms with Crippen molar-refractivity contribution in [3.63, 3.8) is 0 Å². The van der Waals surface area contributed by atoms with Crippen LogP contribution in [0.3, 0.4) is 0 Å². The van der Waals surface area contributed by atoms with Crippen LogP contribution in [0.2, 0.25) is 0 Å². The first-order valence-corrected chi connectivity index (χ1v) is 7.57. The van der Waals surface area contributed by atoms with Crippen LogP contribution in [0, 0.1) is 6.92 Å². The number of piperidine rings is 1. The van der Waals surface area contributed by atoms with E-state index >= 15 is 0 Å². The first-order chi connectivity index (χ1) is 10.1. The zero-order valence-corrected chi connectivity index (χ0v) is 13.4. The monoisotopic (exact) mass is 291 g/mol. The lowest BCUT2D eigenvalue weighted by Crippen LogP contribution is -2.42. The maximum atomic E-state index is 12.5. The lowest BCUT2D eigenvalue weighted by Gasteiger charge is -2.33. The summed E-state index contributed by atoms with van der Waals surface area (Å²) in [6, 6.07) is 4.20. The molecule has 0 saturated carbocycles. The summed E-state index contributed by atoms with van der Waals surface area (Å²) in [5.41, 5.74) is 2.07. The fourth-order valence-corrected chi connectivity index (χ4v) is 2.95. The molecule has 0 aromatic heterocycles. The maximum absolute atomic E-state index is 12.5. The Kier molecular flexibility index (Phi) is 5.10. The Morgan fingerprint density at radius 3 is 2.52 bits per heavy atom. The highest BCUT2D eigenvalue weighted by atomic mass is 16.5. The Balaban J connectivity index is 2.16. The highest BCUT2D eigenvalue weighted by Gasteiger charge is 2.23. The van der Waals surface area contributed by atoms with Gasteiger partial charge in [0.05, 0.1) is 20.6 Å². The van der Waals surface area contributed by atoms with E-state index in [1.807, 2.05) is 24.0 Å². The highest BCUT2D eigenvalue weighted by Crippen LogP contribution is 2.31. The van der Waals surface area contributed by atoms with Crippen molar-refractivity contribution in [1.82, 2.24) is 4.90 Å². The molecule has 1 fully saturated rings. The Bertz CT molecular complexity index is 513. The standard InChI is InChI=1S/C17H25NO3/c1-12-9-15(20-3)16(21-4)10-14(12)11-17(19)18-8-6-5-7-13(18)2/h9-10,13H,5-8,11H2,1-4H3. The molecule has 1 aromatic rings. The van der Waals surface area contributed by atoms with Crippen molar-refractivity contribution in [2.24, 2.45) is 0 Å². The lowest BCUT2D eigenvalue weighted by atomic mass is 10.00. The van der Waals surface area contributed by atoms with Gasteiger partial charge in [-0.1, -0.05) is 0 Å². The molecule has 1 aromatic carbocycles. The van der Waals surface area contributed by atoms with Crippen LogP contribution >= 0.6 is 0 Å². The number of hydrogen-bond acceptors (Lipinski definition) is 3. The van der Waals surface area contributed by atoms with E-state index < -0.39 is 0 Å². The second-order valence-corrected chi connectivity index (χ2v) is 5.74. The molecule has 1 aliphatic rings. The van der Waals surface area contributed by atoms with Gasteiger partial charge >= 0.3 is 0 Å². The van der Waals surface area contributed by atoms with Crippen LogP contribution in [0.25, 0.3) is 0 Å². The number of ether oxygens (including phenoxy) is 2. The minimum absolute atomic E-state index is 0.206. The van der Waals surface area contributed by atoms with Crippen LogP contribution in [-0.4, -0.2) is 37.6 Å². The Morgan fingerprint density at radius 2 is 1.90 bits per heavy atom. The molecule has 1 atom stereocenters. The molecular weight excluding hydrogens is 266 g/mol. The average Bonchev–Trinajstić information content (AvgIpc) is 2.49. The van der Waals surface area contributed by atoms with Gasteiger partial charge in [-0.05, 0) is 56.4 Å². The minimum Gasteiger partial charge on any atom is -0.493 e. The van der Waals surface area contributed by atoms with Crippen molar-refractivity contribution in [3.8, 4) is 11.5 Å². The second kappa shape index (κ2) is 6.83. The average molecular weight is 291 g/mol. The van der Waals surface area contributed by atoms with E-state index in [1.54, 1.807) is 14.2 Å². The van der Waals surface area contributed by atoms with Gasteiger partial charge in [0, 0.05) is 12.6 Å². The summed E-state index contributed by atoms with van der Waals surface area (Å²) in [6.07, 6.45) is 3.87. The molecule has 0 spiro atoms.